The van der Waals surface area contributed by atoms with E-state index < -0.39 is 5.51 Å². The van der Waals surface area contributed by atoms with Gasteiger partial charge in [-0.2, -0.15) is 13.2 Å². The number of rotatable bonds is 6. The minimum atomic E-state index is -4.07. The largest absolute Gasteiger partial charge is 0.441 e. The average Bonchev–Trinajstić information content (AvgIpc) is 2.85. The summed E-state index contributed by atoms with van der Waals surface area (Å²) >= 11 is 0.152. The number of hydrogen-bond donors (Lipinski definition) is 1. The van der Waals surface area contributed by atoms with Crippen molar-refractivity contribution in [2.45, 2.75) is 44.5 Å². The van der Waals surface area contributed by atoms with Crippen molar-refractivity contribution in [3.05, 3.63) is 0 Å². The van der Waals surface area contributed by atoms with Crippen LogP contribution in [0.4, 0.5) is 13.2 Å². The van der Waals surface area contributed by atoms with E-state index in [0.717, 1.165) is 25.4 Å². The van der Waals surface area contributed by atoms with Gasteiger partial charge in [0.15, 0.2) is 0 Å². The molecule has 0 aromatic carbocycles. The number of nitrogens with one attached hydrogen (secondary N) is 1. The fourth-order valence-electron chi connectivity index (χ4n) is 3.91. The molecule has 0 aromatic heterocycles. The normalized spacial score (nSPS) is 35.3. The van der Waals surface area contributed by atoms with E-state index >= 15 is 0 Å². The Bertz CT molecular complexity index is 282. The third-order valence-electron chi connectivity index (χ3n) is 4.70. The van der Waals surface area contributed by atoms with Gasteiger partial charge in [-0.25, -0.2) is 0 Å². The van der Waals surface area contributed by atoms with E-state index in [1.807, 2.05) is 0 Å². The van der Waals surface area contributed by atoms with Crippen molar-refractivity contribution in [2.75, 3.05) is 18.8 Å². The van der Waals surface area contributed by atoms with Crippen molar-refractivity contribution in [1.29, 1.82) is 0 Å². The molecule has 1 N–H and O–H groups in total. The molecule has 0 radical (unpaired) electrons. The molecular weight excluding hydrogens is 259 g/mol. The average molecular weight is 281 g/mol. The third-order valence-corrected chi connectivity index (χ3v) is 5.43. The van der Waals surface area contributed by atoms with E-state index in [0.29, 0.717) is 12.3 Å². The van der Waals surface area contributed by atoms with Gasteiger partial charge in [-0.05, 0) is 49.5 Å². The molecule has 5 heteroatoms. The second-order valence-electron chi connectivity index (χ2n) is 5.77. The van der Waals surface area contributed by atoms with Crippen LogP contribution in [-0.4, -0.2) is 24.4 Å². The van der Waals surface area contributed by atoms with Crippen LogP contribution >= 0.6 is 11.8 Å². The minimum absolute atomic E-state index is 0.150. The quantitative estimate of drug-likeness (QED) is 0.788. The zero-order valence-electron chi connectivity index (χ0n) is 10.9. The first-order chi connectivity index (χ1) is 8.45. The maximum absolute atomic E-state index is 12.2. The van der Waals surface area contributed by atoms with Gasteiger partial charge < -0.3 is 5.32 Å². The molecule has 2 aliphatic carbocycles. The highest BCUT2D eigenvalue weighted by atomic mass is 32.2. The first-order valence-electron chi connectivity index (χ1n) is 6.86. The Kier molecular flexibility index (Phi) is 4.52. The van der Waals surface area contributed by atoms with Gasteiger partial charge in [-0.3, -0.25) is 0 Å². The van der Waals surface area contributed by atoms with E-state index in [9.17, 15) is 13.2 Å². The summed E-state index contributed by atoms with van der Waals surface area (Å²) in [7, 11) is 0. The van der Waals surface area contributed by atoms with Crippen LogP contribution in [0.1, 0.15) is 39.0 Å². The van der Waals surface area contributed by atoms with E-state index in [1.165, 1.54) is 19.3 Å². The fraction of sp³-hybridized carbons (Fsp3) is 1.00. The molecular formula is C13H22F3NS. The summed E-state index contributed by atoms with van der Waals surface area (Å²) in [4.78, 5) is 0. The van der Waals surface area contributed by atoms with Crippen molar-refractivity contribution in [1.82, 2.24) is 5.32 Å². The summed E-state index contributed by atoms with van der Waals surface area (Å²) in [6, 6.07) is 0. The van der Waals surface area contributed by atoms with Gasteiger partial charge in [-0.15, -0.1) is 0 Å². The molecule has 0 aromatic rings. The van der Waals surface area contributed by atoms with E-state index in [1.54, 1.807) is 0 Å². The van der Waals surface area contributed by atoms with Crippen LogP contribution in [0.15, 0.2) is 0 Å². The predicted octanol–water partition coefficient (Wildman–Crippen LogP) is 4.05. The third kappa shape index (κ3) is 3.35. The van der Waals surface area contributed by atoms with Crippen molar-refractivity contribution in [2.24, 2.45) is 17.3 Å². The van der Waals surface area contributed by atoms with Gasteiger partial charge in [0.2, 0.25) is 0 Å². The van der Waals surface area contributed by atoms with Crippen LogP contribution in [0.3, 0.4) is 0 Å². The van der Waals surface area contributed by atoms with Crippen molar-refractivity contribution in [3.8, 4) is 0 Å². The van der Waals surface area contributed by atoms with Crippen molar-refractivity contribution < 1.29 is 13.2 Å². The van der Waals surface area contributed by atoms with Crippen LogP contribution in [0.25, 0.3) is 0 Å². The molecule has 2 rings (SSSR count). The molecule has 0 spiro atoms. The Morgan fingerprint density at radius 1 is 1.33 bits per heavy atom. The Balaban J connectivity index is 1.90. The number of halogens is 3. The first-order valence-corrected chi connectivity index (χ1v) is 7.85. The van der Waals surface area contributed by atoms with Gasteiger partial charge in [0.05, 0.1) is 0 Å². The zero-order valence-corrected chi connectivity index (χ0v) is 11.7. The lowest BCUT2D eigenvalue weighted by Crippen LogP contribution is -2.39. The SMILES string of the molecule is CCNCC1(CCSC(F)(F)F)CC2CCC1C2. The summed E-state index contributed by atoms with van der Waals surface area (Å²) in [6.07, 6.45) is 5.63. The number of hydrogen-bond acceptors (Lipinski definition) is 2. The van der Waals surface area contributed by atoms with Crippen LogP contribution in [-0.2, 0) is 0 Å². The summed E-state index contributed by atoms with van der Waals surface area (Å²) in [5.41, 5.74) is -3.92. The van der Waals surface area contributed by atoms with Crippen LogP contribution in [0, 0.1) is 17.3 Å². The molecule has 2 bridgehead atoms. The van der Waals surface area contributed by atoms with Crippen molar-refractivity contribution in [3.63, 3.8) is 0 Å². The number of fused-ring (bicyclic) bond motifs is 2. The lowest BCUT2D eigenvalue weighted by Gasteiger charge is -2.38. The molecule has 3 unspecified atom stereocenters. The molecule has 2 saturated carbocycles. The molecule has 3 atom stereocenters. The Hall–Kier alpha value is 0.100. The highest BCUT2D eigenvalue weighted by Gasteiger charge is 2.50. The molecule has 0 saturated heterocycles. The summed E-state index contributed by atoms with van der Waals surface area (Å²) < 4.78 is 36.7. The lowest BCUT2D eigenvalue weighted by atomic mass is 9.71. The number of alkyl halides is 3. The molecule has 2 aliphatic rings. The van der Waals surface area contributed by atoms with E-state index in [-0.39, 0.29) is 22.9 Å². The maximum Gasteiger partial charge on any atom is 0.441 e. The van der Waals surface area contributed by atoms with Crippen LogP contribution in [0.2, 0.25) is 0 Å². The fourth-order valence-corrected chi connectivity index (χ4v) is 4.65. The van der Waals surface area contributed by atoms with Gasteiger partial charge >= 0.3 is 5.51 Å². The highest BCUT2D eigenvalue weighted by molar-refractivity contribution is 8.00. The van der Waals surface area contributed by atoms with Gasteiger partial charge in [0, 0.05) is 12.3 Å². The second-order valence-corrected chi connectivity index (χ2v) is 6.93. The second kappa shape index (κ2) is 5.61. The van der Waals surface area contributed by atoms with Gasteiger partial charge in [-0.1, -0.05) is 25.1 Å². The highest BCUT2D eigenvalue weighted by Crippen LogP contribution is 2.57. The minimum Gasteiger partial charge on any atom is -0.316 e. The molecule has 18 heavy (non-hydrogen) atoms. The van der Waals surface area contributed by atoms with Crippen molar-refractivity contribution >= 4 is 11.8 Å². The standard InChI is InChI=1S/C13H22F3NS/c1-2-17-9-12(5-6-18-13(14,15)16)8-10-3-4-11(12)7-10/h10-11,17H,2-9H2,1H3. The monoisotopic (exact) mass is 281 g/mol. The molecule has 2 fully saturated rings. The maximum atomic E-state index is 12.2. The molecule has 1 nitrogen and oxygen atoms in total. The zero-order chi connectivity index (χ0) is 13.2. The van der Waals surface area contributed by atoms with Gasteiger partial charge in [0.1, 0.15) is 0 Å². The summed E-state index contributed by atoms with van der Waals surface area (Å²) in [6.45, 7) is 3.88. The molecule has 0 aliphatic heterocycles. The summed E-state index contributed by atoms with van der Waals surface area (Å²) in [5, 5.41) is 3.37. The molecule has 0 heterocycles. The van der Waals surface area contributed by atoms with Crippen LogP contribution < -0.4 is 5.32 Å². The molecule has 0 amide bonds. The summed E-state index contributed by atoms with van der Waals surface area (Å²) in [5.74, 6) is 1.66. The Labute approximate surface area is 111 Å². The Morgan fingerprint density at radius 2 is 2.11 bits per heavy atom. The number of thioether (sulfide) groups is 1. The van der Waals surface area contributed by atoms with Gasteiger partial charge in [0.25, 0.3) is 0 Å². The predicted molar refractivity (Wildman–Crippen MR) is 69.6 cm³/mol. The molecule has 106 valence electrons. The van der Waals surface area contributed by atoms with Crippen LogP contribution in [0.5, 0.6) is 0 Å². The van der Waals surface area contributed by atoms with E-state index in [4.69, 9.17) is 0 Å². The van der Waals surface area contributed by atoms with E-state index in [2.05, 4.69) is 12.2 Å². The topological polar surface area (TPSA) is 12.0 Å². The smallest absolute Gasteiger partial charge is 0.316 e. The first kappa shape index (κ1) is 14.5. The Morgan fingerprint density at radius 3 is 2.61 bits per heavy atom. The lowest BCUT2D eigenvalue weighted by molar-refractivity contribution is -0.0330.